The Kier molecular flexibility index (Phi) is 5.07. The average molecular weight is 459 g/mol. The largest absolute Gasteiger partial charge is 0.299 e. The van der Waals surface area contributed by atoms with Gasteiger partial charge in [-0.2, -0.15) is 0 Å². The summed E-state index contributed by atoms with van der Waals surface area (Å²) in [6.07, 6.45) is 4.39. The summed E-state index contributed by atoms with van der Waals surface area (Å²) >= 11 is 0. The summed E-state index contributed by atoms with van der Waals surface area (Å²) in [6.45, 7) is 3.45. The number of fused-ring (bicyclic) bond motifs is 2. The van der Waals surface area contributed by atoms with Gasteiger partial charge in [0.05, 0.1) is 10.6 Å². The number of rotatable bonds is 5. The van der Waals surface area contributed by atoms with Crippen molar-refractivity contribution in [1.29, 1.82) is 0 Å². The van der Waals surface area contributed by atoms with Gasteiger partial charge in [-0.25, -0.2) is 8.42 Å². The van der Waals surface area contributed by atoms with Gasteiger partial charge in [-0.3, -0.25) is 9.21 Å². The highest BCUT2D eigenvalue weighted by Crippen LogP contribution is 2.49. The lowest BCUT2D eigenvalue weighted by atomic mass is 9.74. The van der Waals surface area contributed by atoms with E-state index in [0.717, 1.165) is 38.2 Å². The maximum atomic E-state index is 13.7. The van der Waals surface area contributed by atoms with Crippen molar-refractivity contribution in [2.75, 3.05) is 23.9 Å². The van der Waals surface area contributed by atoms with Gasteiger partial charge in [0.15, 0.2) is 0 Å². The van der Waals surface area contributed by atoms with Crippen molar-refractivity contribution in [2.45, 2.75) is 48.5 Å². The summed E-state index contributed by atoms with van der Waals surface area (Å²) in [6, 6.07) is 26.4. The molecule has 1 spiro atoms. The van der Waals surface area contributed by atoms with Gasteiger partial charge in [0.2, 0.25) is 0 Å². The second-order valence-corrected chi connectivity index (χ2v) is 11.8. The minimum atomic E-state index is -3.59. The van der Waals surface area contributed by atoms with Gasteiger partial charge in [-0.05, 0) is 79.6 Å². The van der Waals surface area contributed by atoms with Crippen molar-refractivity contribution in [3.63, 3.8) is 0 Å². The first kappa shape index (κ1) is 20.9. The van der Waals surface area contributed by atoms with E-state index in [4.69, 9.17) is 0 Å². The first-order valence-electron chi connectivity index (χ1n) is 12.0. The summed E-state index contributed by atoms with van der Waals surface area (Å²) in [4.78, 5) is 2.90. The van der Waals surface area contributed by atoms with Gasteiger partial charge in [-0.15, -0.1) is 0 Å². The van der Waals surface area contributed by atoms with Crippen molar-refractivity contribution in [1.82, 2.24) is 4.90 Å². The van der Waals surface area contributed by atoms with E-state index in [-0.39, 0.29) is 5.41 Å². The summed E-state index contributed by atoms with van der Waals surface area (Å²) in [5.74, 6) is 0.624. The SMILES string of the molecule is O=S(=O)(c1ccc(C2CC2)cc1)N1CC2(CCN(Cc3ccccc3)CC2)c2ccccc21. The molecule has 0 unspecified atom stereocenters. The van der Waals surface area contributed by atoms with Crippen LogP contribution < -0.4 is 4.31 Å². The monoisotopic (exact) mass is 458 g/mol. The Bertz CT molecular complexity index is 1240. The zero-order valence-electron chi connectivity index (χ0n) is 18.9. The maximum absolute atomic E-state index is 13.7. The van der Waals surface area contributed by atoms with Crippen LogP contribution in [0.4, 0.5) is 5.69 Å². The number of likely N-dealkylation sites (tertiary alicyclic amines) is 1. The first-order valence-corrected chi connectivity index (χ1v) is 13.5. The predicted molar refractivity (Wildman–Crippen MR) is 132 cm³/mol. The van der Waals surface area contributed by atoms with Gasteiger partial charge < -0.3 is 0 Å². The number of nitrogens with zero attached hydrogens (tertiary/aromatic N) is 2. The second-order valence-electron chi connectivity index (χ2n) is 9.91. The molecule has 0 amide bonds. The molecule has 1 saturated carbocycles. The summed E-state index contributed by atoms with van der Waals surface area (Å²) in [5.41, 5.74) is 4.55. The highest BCUT2D eigenvalue weighted by atomic mass is 32.2. The van der Waals surface area contributed by atoms with Crippen LogP contribution in [0.15, 0.2) is 83.8 Å². The van der Waals surface area contributed by atoms with Crippen molar-refractivity contribution >= 4 is 15.7 Å². The van der Waals surface area contributed by atoms with Crippen LogP contribution in [-0.4, -0.2) is 33.0 Å². The fourth-order valence-electron chi connectivity index (χ4n) is 5.66. The molecule has 0 aromatic heterocycles. The van der Waals surface area contributed by atoms with Crippen LogP contribution in [-0.2, 0) is 22.0 Å². The number of hydrogen-bond donors (Lipinski definition) is 0. The third-order valence-electron chi connectivity index (χ3n) is 7.77. The number of anilines is 1. The number of para-hydroxylation sites is 1. The van der Waals surface area contributed by atoms with Crippen LogP contribution >= 0.6 is 0 Å². The molecule has 5 heteroatoms. The number of piperidine rings is 1. The normalized spacial score (nSPS) is 20.2. The van der Waals surface area contributed by atoms with E-state index < -0.39 is 10.0 Å². The van der Waals surface area contributed by atoms with Crippen LogP contribution in [0.2, 0.25) is 0 Å². The van der Waals surface area contributed by atoms with Crippen LogP contribution in [0.25, 0.3) is 0 Å². The third kappa shape index (κ3) is 3.77. The fourth-order valence-corrected chi connectivity index (χ4v) is 7.23. The van der Waals surface area contributed by atoms with E-state index >= 15 is 0 Å². The Hall–Kier alpha value is -2.63. The lowest BCUT2D eigenvalue weighted by Gasteiger charge is -2.40. The molecule has 2 aliphatic heterocycles. The molecule has 3 aromatic rings. The molecule has 170 valence electrons. The van der Waals surface area contributed by atoms with Crippen LogP contribution in [0, 0.1) is 0 Å². The summed E-state index contributed by atoms with van der Waals surface area (Å²) in [5, 5.41) is 0. The Morgan fingerprint density at radius 2 is 1.48 bits per heavy atom. The zero-order chi connectivity index (χ0) is 22.5. The highest BCUT2D eigenvalue weighted by molar-refractivity contribution is 7.92. The molecule has 3 aromatic carbocycles. The molecule has 0 N–H and O–H groups in total. The smallest absolute Gasteiger partial charge is 0.264 e. The summed E-state index contributed by atoms with van der Waals surface area (Å²) in [7, 11) is -3.59. The predicted octanol–water partition coefficient (Wildman–Crippen LogP) is 5.31. The van der Waals surface area contributed by atoms with E-state index in [1.54, 1.807) is 16.4 Å². The molecule has 0 radical (unpaired) electrons. The molecule has 3 aliphatic rings. The van der Waals surface area contributed by atoms with Gasteiger partial charge in [-0.1, -0.05) is 60.7 Å². The molecule has 0 bridgehead atoms. The molecular weight excluding hydrogens is 428 g/mol. The number of sulfonamides is 1. The molecule has 0 atom stereocenters. The van der Waals surface area contributed by atoms with E-state index in [0.29, 0.717) is 17.4 Å². The van der Waals surface area contributed by atoms with Gasteiger partial charge in [0.25, 0.3) is 10.0 Å². The Labute approximate surface area is 196 Å². The molecule has 4 nitrogen and oxygen atoms in total. The van der Waals surface area contributed by atoms with E-state index in [2.05, 4.69) is 47.4 Å². The standard InChI is InChI=1S/C28H30N2O2S/c31-33(32,25-14-12-24(13-15-25)23-10-11-23)30-21-28(26-8-4-5-9-27(26)30)16-18-29(19-17-28)20-22-6-2-1-3-7-22/h1-9,12-15,23H,10-11,16-21H2. The lowest BCUT2D eigenvalue weighted by Crippen LogP contribution is -2.45. The lowest BCUT2D eigenvalue weighted by molar-refractivity contribution is 0.161. The average Bonchev–Trinajstić information content (AvgIpc) is 3.65. The molecular formula is C28H30N2O2S. The maximum Gasteiger partial charge on any atom is 0.264 e. The van der Waals surface area contributed by atoms with Crippen molar-refractivity contribution in [3.05, 3.63) is 95.6 Å². The van der Waals surface area contributed by atoms with Crippen molar-refractivity contribution < 1.29 is 8.42 Å². The highest BCUT2D eigenvalue weighted by Gasteiger charge is 2.48. The molecule has 2 heterocycles. The first-order chi connectivity index (χ1) is 16.1. The zero-order valence-corrected chi connectivity index (χ0v) is 19.7. The van der Waals surface area contributed by atoms with E-state index in [1.165, 1.54) is 29.5 Å². The van der Waals surface area contributed by atoms with Gasteiger partial charge >= 0.3 is 0 Å². The molecule has 1 aliphatic carbocycles. The van der Waals surface area contributed by atoms with E-state index in [9.17, 15) is 8.42 Å². The van der Waals surface area contributed by atoms with Gasteiger partial charge in [0.1, 0.15) is 0 Å². The quantitative estimate of drug-likeness (QED) is 0.520. The topological polar surface area (TPSA) is 40.6 Å². The third-order valence-corrected chi connectivity index (χ3v) is 9.54. The van der Waals surface area contributed by atoms with Crippen LogP contribution in [0.5, 0.6) is 0 Å². The summed E-state index contributed by atoms with van der Waals surface area (Å²) < 4.78 is 29.2. The van der Waals surface area contributed by atoms with E-state index in [1.807, 2.05) is 24.3 Å². The van der Waals surface area contributed by atoms with Crippen molar-refractivity contribution in [3.8, 4) is 0 Å². The fraction of sp³-hybridized carbons (Fsp3) is 0.357. The minimum Gasteiger partial charge on any atom is -0.299 e. The van der Waals surface area contributed by atoms with Gasteiger partial charge in [0, 0.05) is 18.5 Å². The second kappa shape index (κ2) is 8.00. The molecule has 33 heavy (non-hydrogen) atoms. The van der Waals surface area contributed by atoms with Crippen LogP contribution in [0.3, 0.4) is 0 Å². The van der Waals surface area contributed by atoms with Crippen LogP contribution in [0.1, 0.15) is 48.3 Å². The number of hydrogen-bond acceptors (Lipinski definition) is 3. The molecule has 6 rings (SSSR count). The Morgan fingerprint density at radius 3 is 2.18 bits per heavy atom. The Balaban J connectivity index is 1.25. The van der Waals surface area contributed by atoms with Crippen molar-refractivity contribution in [2.24, 2.45) is 0 Å². The minimum absolute atomic E-state index is 0.106. The molecule has 1 saturated heterocycles. The number of benzene rings is 3. The molecule has 2 fully saturated rings. The Morgan fingerprint density at radius 1 is 0.818 bits per heavy atom.